The van der Waals surface area contributed by atoms with E-state index in [4.69, 9.17) is 10.8 Å². The van der Waals surface area contributed by atoms with E-state index in [1.54, 1.807) is 30.0 Å². The smallest absolute Gasteiger partial charge is 0.335 e. The molecule has 0 heterocycles. The zero-order chi connectivity index (χ0) is 13.8. The van der Waals surface area contributed by atoms with Gasteiger partial charge >= 0.3 is 5.97 Å². The van der Waals surface area contributed by atoms with Gasteiger partial charge in [-0.3, -0.25) is 0 Å². The zero-order valence-corrected chi connectivity index (χ0v) is 11.4. The number of aryl methyl sites for hydroxylation is 1. The molecular weight excluding hydrogens is 258 g/mol. The molecule has 3 N–H and O–H groups in total. The molecule has 0 bridgehead atoms. The molecular formula is C15H15NO2S. The summed E-state index contributed by atoms with van der Waals surface area (Å²) in [5.74, 6) is -0.198. The summed E-state index contributed by atoms with van der Waals surface area (Å²) in [4.78, 5) is 11.9. The number of nitrogens with two attached hydrogens (primary N) is 1. The lowest BCUT2D eigenvalue weighted by Crippen LogP contribution is -1.97. The molecule has 0 spiro atoms. The highest BCUT2D eigenvalue weighted by Gasteiger charge is 2.05. The van der Waals surface area contributed by atoms with Crippen LogP contribution in [0.1, 0.15) is 21.5 Å². The van der Waals surface area contributed by atoms with E-state index >= 15 is 0 Å². The number of thioether (sulfide) groups is 1. The van der Waals surface area contributed by atoms with E-state index < -0.39 is 5.97 Å². The number of carboxylic acid groups (broad SMARTS) is 1. The van der Waals surface area contributed by atoms with Gasteiger partial charge in [0.1, 0.15) is 0 Å². The maximum atomic E-state index is 10.9. The second-order valence-electron chi connectivity index (χ2n) is 4.28. The van der Waals surface area contributed by atoms with Crippen LogP contribution in [0.15, 0.2) is 47.4 Å². The summed E-state index contributed by atoms with van der Waals surface area (Å²) in [6.45, 7) is 1.98. The number of aromatic carboxylic acids is 1. The largest absolute Gasteiger partial charge is 0.478 e. The monoisotopic (exact) mass is 273 g/mol. The maximum Gasteiger partial charge on any atom is 0.335 e. The second-order valence-corrected chi connectivity index (χ2v) is 5.30. The Labute approximate surface area is 116 Å². The lowest BCUT2D eigenvalue weighted by molar-refractivity contribution is 0.0697. The standard InChI is InChI=1S/C15H15NO2S/c1-10-4-2-7-13(14(10)16)19-9-11-5-3-6-12(8-11)15(17)18/h2-8H,9,16H2,1H3,(H,17,18). The quantitative estimate of drug-likeness (QED) is 0.660. The Morgan fingerprint density at radius 3 is 2.74 bits per heavy atom. The molecule has 2 aromatic carbocycles. The number of para-hydroxylation sites is 1. The van der Waals surface area contributed by atoms with E-state index in [0.29, 0.717) is 11.3 Å². The number of rotatable bonds is 4. The first kappa shape index (κ1) is 13.5. The Balaban J connectivity index is 2.12. The van der Waals surface area contributed by atoms with Crippen LogP contribution in [0.4, 0.5) is 5.69 Å². The van der Waals surface area contributed by atoms with Crippen LogP contribution in [0.3, 0.4) is 0 Å². The van der Waals surface area contributed by atoms with Gasteiger partial charge in [-0.25, -0.2) is 4.79 Å². The molecule has 2 rings (SSSR count). The number of carbonyl (C=O) groups is 1. The number of carboxylic acids is 1. The van der Waals surface area contributed by atoms with Gasteiger partial charge in [0.25, 0.3) is 0 Å². The number of nitrogen functional groups attached to an aromatic ring is 1. The Hall–Kier alpha value is -1.94. The van der Waals surface area contributed by atoms with Crippen molar-refractivity contribution in [3.63, 3.8) is 0 Å². The fourth-order valence-corrected chi connectivity index (χ4v) is 2.73. The maximum absolute atomic E-state index is 10.9. The van der Waals surface area contributed by atoms with Crippen molar-refractivity contribution in [3.05, 3.63) is 59.2 Å². The molecule has 19 heavy (non-hydrogen) atoms. The van der Waals surface area contributed by atoms with Crippen LogP contribution in [0, 0.1) is 6.92 Å². The summed E-state index contributed by atoms with van der Waals surface area (Å²) in [6.07, 6.45) is 0. The molecule has 3 nitrogen and oxygen atoms in total. The average molecular weight is 273 g/mol. The van der Waals surface area contributed by atoms with Gasteiger partial charge in [-0.1, -0.05) is 24.3 Å². The predicted octanol–water partition coefficient (Wildman–Crippen LogP) is 3.57. The van der Waals surface area contributed by atoms with E-state index in [2.05, 4.69) is 0 Å². The summed E-state index contributed by atoms with van der Waals surface area (Å²) < 4.78 is 0. The van der Waals surface area contributed by atoms with E-state index in [-0.39, 0.29) is 0 Å². The Kier molecular flexibility index (Phi) is 4.12. The van der Waals surface area contributed by atoms with Gasteiger partial charge in [0.05, 0.1) is 5.56 Å². The molecule has 2 aromatic rings. The molecule has 0 fully saturated rings. The van der Waals surface area contributed by atoms with Gasteiger partial charge in [0, 0.05) is 16.3 Å². The van der Waals surface area contributed by atoms with Crippen LogP contribution < -0.4 is 5.73 Å². The summed E-state index contributed by atoms with van der Waals surface area (Å²) in [5.41, 5.74) is 9.16. The third-order valence-corrected chi connectivity index (χ3v) is 4.00. The molecule has 98 valence electrons. The fraction of sp³-hybridized carbons (Fsp3) is 0.133. The van der Waals surface area contributed by atoms with Gasteiger partial charge in [0.15, 0.2) is 0 Å². The Morgan fingerprint density at radius 2 is 2.00 bits per heavy atom. The molecule has 0 aliphatic heterocycles. The van der Waals surface area contributed by atoms with Crippen molar-refractivity contribution in [1.82, 2.24) is 0 Å². The Morgan fingerprint density at radius 1 is 1.26 bits per heavy atom. The lowest BCUT2D eigenvalue weighted by atomic mass is 10.1. The van der Waals surface area contributed by atoms with Crippen LogP contribution in [-0.4, -0.2) is 11.1 Å². The minimum absolute atomic E-state index is 0.315. The van der Waals surface area contributed by atoms with Gasteiger partial charge in [-0.05, 0) is 36.2 Å². The fourth-order valence-electron chi connectivity index (χ4n) is 1.73. The number of hydrogen-bond acceptors (Lipinski definition) is 3. The Bertz CT molecular complexity index is 611. The minimum atomic E-state index is -0.901. The van der Waals surface area contributed by atoms with Gasteiger partial charge < -0.3 is 10.8 Å². The molecule has 0 aliphatic carbocycles. The predicted molar refractivity (Wildman–Crippen MR) is 78.6 cm³/mol. The minimum Gasteiger partial charge on any atom is -0.478 e. The second kappa shape index (κ2) is 5.80. The highest BCUT2D eigenvalue weighted by molar-refractivity contribution is 7.98. The summed E-state index contributed by atoms with van der Waals surface area (Å²) >= 11 is 1.62. The molecule has 4 heteroatoms. The van der Waals surface area contributed by atoms with Crippen molar-refractivity contribution in [2.75, 3.05) is 5.73 Å². The van der Waals surface area contributed by atoms with E-state index in [9.17, 15) is 4.79 Å². The molecule has 0 aromatic heterocycles. The first-order chi connectivity index (χ1) is 9.08. The molecule has 0 saturated heterocycles. The van der Waals surface area contributed by atoms with Crippen molar-refractivity contribution in [2.24, 2.45) is 0 Å². The zero-order valence-electron chi connectivity index (χ0n) is 10.6. The summed E-state index contributed by atoms with van der Waals surface area (Å²) in [6, 6.07) is 12.9. The SMILES string of the molecule is Cc1cccc(SCc2cccc(C(=O)O)c2)c1N. The lowest BCUT2D eigenvalue weighted by Gasteiger charge is -2.08. The first-order valence-corrected chi connectivity index (χ1v) is 6.86. The van der Waals surface area contributed by atoms with Crippen molar-refractivity contribution in [3.8, 4) is 0 Å². The number of benzene rings is 2. The molecule has 0 aliphatic rings. The average Bonchev–Trinajstić information content (AvgIpc) is 2.41. The van der Waals surface area contributed by atoms with Crippen LogP contribution in [0.25, 0.3) is 0 Å². The summed E-state index contributed by atoms with van der Waals surface area (Å²) in [5, 5.41) is 8.95. The van der Waals surface area contributed by atoms with Crippen molar-refractivity contribution >= 4 is 23.4 Å². The first-order valence-electron chi connectivity index (χ1n) is 5.88. The normalized spacial score (nSPS) is 10.4. The number of anilines is 1. The highest BCUT2D eigenvalue weighted by atomic mass is 32.2. The van der Waals surface area contributed by atoms with Crippen molar-refractivity contribution < 1.29 is 9.90 Å². The van der Waals surface area contributed by atoms with Crippen molar-refractivity contribution in [2.45, 2.75) is 17.6 Å². The summed E-state index contributed by atoms with van der Waals surface area (Å²) in [7, 11) is 0. The van der Waals surface area contributed by atoms with Crippen LogP contribution in [-0.2, 0) is 5.75 Å². The molecule has 0 unspecified atom stereocenters. The molecule has 0 amide bonds. The third kappa shape index (κ3) is 3.29. The van der Waals surface area contributed by atoms with E-state index in [0.717, 1.165) is 21.7 Å². The van der Waals surface area contributed by atoms with Crippen LogP contribution >= 0.6 is 11.8 Å². The van der Waals surface area contributed by atoms with Crippen LogP contribution in [0.5, 0.6) is 0 Å². The molecule has 0 atom stereocenters. The van der Waals surface area contributed by atoms with Crippen LogP contribution in [0.2, 0.25) is 0 Å². The van der Waals surface area contributed by atoms with E-state index in [1.807, 2.05) is 31.2 Å². The molecule has 0 radical (unpaired) electrons. The third-order valence-electron chi connectivity index (χ3n) is 2.85. The molecule has 0 saturated carbocycles. The van der Waals surface area contributed by atoms with Crippen molar-refractivity contribution in [1.29, 1.82) is 0 Å². The van der Waals surface area contributed by atoms with Gasteiger partial charge in [-0.15, -0.1) is 11.8 Å². The van der Waals surface area contributed by atoms with Gasteiger partial charge in [-0.2, -0.15) is 0 Å². The van der Waals surface area contributed by atoms with Gasteiger partial charge in [0.2, 0.25) is 0 Å². The topological polar surface area (TPSA) is 63.3 Å². The highest BCUT2D eigenvalue weighted by Crippen LogP contribution is 2.30. The van der Waals surface area contributed by atoms with E-state index in [1.165, 1.54) is 0 Å². The number of hydrogen-bond donors (Lipinski definition) is 2.